The Hall–Kier alpha value is -2.22. The lowest BCUT2D eigenvalue weighted by Crippen LogP contribution is -2.14. The fourth-order valence-corrected chi connectivity index (χ4v) is 3.22. The summed E-state index contributed by atoms with van der Waals surface area (Å²) in [5.41, 5.74) is 6.55. The monoisotopic (exact) mass is 294 g/mol. The lowest BCUT2D eigenvalue weighted by molar-refractivity contribution is 0.0988. The highest BCUT2D eigenvalue weighted by atomic mass is 16.1. The van der Waals surface area contributed by atoms with Crippen molar-refractivity contribution in [3.05, 3.63) is 68.8 Å². The molecule has 0 unspecified atom stereocenters. The van der Waals surface area contributed by atoms with Crippen molar-refractivity contribution in [2.75, 3.05) is 0 Å². The van der Waals surface area contributed by atoms with Crippen LogP contribution in [0.15, 0.2) is 24.3 Å². The zero-order chi connectivity index (χ0) is 16.6. The Bertz CT molecular complexity index is 760. The largest absolute Gasteiger partial charge is 0.294 e. The first-order chi connectivity index (χ1) is 10.2. The van der Waals surface area contributed by atoms with Crippen LogP contribution in [0.2, 0.25) is 0 Å². The van der Waals surface area contributed by atoms with E-state index < -0.39 is 0 Å². The van der Waals surface area contributed by atoms with Crippen LogP contribution in [-0.4, -0.2) is 11.6 Å². The highest BCUT2D eigenvalue weighted by Gasteiger charge is 2.23. The summed E-state index contributed by atoms with van der Waals surface area (Å²) < 4.78 is 0. The number of hydrogen-bond donors (Lipinski definition) is 0. The number of rotatable bonds is 3. The van der Waals surface area contributed by atoms with E-state index in [2.05, 4.69) is 0 Å². The molecule has 0 aliphatic carbocycles. The second kappa shape index (κ2) is 5.88. The Morgan fingerprint density at radius 3 is 1.59 bits per heavy atom. The molecule has 0 heterocycles. The molecule has 0 aliphatic rings. The molecule has 0 aromatic heterocycles. The second-order valence-corrected chi connectivity index (χ2v) is 6.11. The van der Waals surface area contributed by atoms with Crippen molar-refractivity contribution < 1.29 is 9.59 Å². The minimum atomic E-state index is -0.0630. The predicted octanol–water partition coefficient (Wildman–Crippen LogP) is 4.66. The van der Waals surface area contributed by atoms with Gasteiger partial charge in [0.15, 0.2) is 11.6 Å². The molecule has 0 N–H and O–H groups in total. The first-order valence-corrected chi connectivity index (χ1v) is 7.47. The van der Waals surface area contributed by atoms with Crippen molar-refractivity contribution in [1.29, 1.82) is 0 Å². The average molecular weight is 294 g/mol. The fourth-order valence-electron chi connectivity index (χ4n) is 3.22. The van der Waals surface area contributed by atoms with Crippen LogP contribution in [0.4, 0.5) is 0 Å². The molecule has 0 spiro atoms. The molecular weight excluding hydrogens is 272 g/mol. The summed E-state index contributed by atoms with van der Waals surface area (Å²) >= 11 is 0. The van der Waals surface area contributed by atoms with E-state index in [4.69, 9.17) is 0 Å². The number of hydrogen-bond acceptors (Lipinski definition) is 2. The quantitative estimate of drug-likeness (QED) is 0.771. The summed E-state index contributed by atoms with van der Waals surface area (Å²) in [6.07, 6.45) is 0. The van der Waals surface area contributed by atoms with Gasteiger partial charge in [-0.2, -0.15) is 0 Å². The highest BCUT2D eigenvalue weighted by molar-refractivity contribution is 6.17. The molecule has 2 aromatic rings. The molecule has 2 heteroatoms. The number of ketones is 2. The SMILES string of the molecule is CC(=O)c1c(C)ccc(C)c1C(=O)c1c(C)cc(C)cc1C. The molecular formula is C20H22O2. The third-order valence-corrected chi connectivity index (χ3v) is 4.11. The minimum absolute atomic E-state index is 0.0543. The van der Waals surface area contributed by atoms with Gasteiger partial charge in [-0.15, -0.1) is 0 Å². The topological polar surface area (TPSA) is 34.1 Å². The Morgan fingerprint density at radius 1 is 0.682 bits per heavy atom. The lowest BCUT2D eigenvalue weighted by atomic mass is 9.86. The molecule has 2 aromatic carbocycles. The third-order valence-electron chi connectivity index (χ3n) is 4.11. The molecule has 0 atom stereocenters. The number of benzene rings is 2. The Kier molecular flexibility index (Phi) is 4.32. The van der Waals surface area contributed by atoms with Crippen molar-refractivity contribution >= 4 is 11.6 Å². The first kappa shape index (κ1) is 16.2. The van der Waals surface area contributed by atoms with Gasteiger partial charge in [0, 0.05) is 16.7 Å². The molecule has 22 heavy (non-hydrogen) atoms. The van der Waals surface area contributed by atoms with Gasteiger partial charge < -0.3 is 0 Å². The summed E-state index contributed by atoms with van der Waals surface area (Å²) in [4.78, 5) is 25.2. The Labute approximate surface area is 132 Å². The summed E-state index contributed by atoms with van der Waals surface area (Å²) in [5.74, 6) is -0.117. The molecule has 0 saturated carbocycles. The zero-order valence-corrected chi connectivity index (χ0v) is 14.1. The third kappa shape index (κ3) is 2.74. The van der Waals surface area contributed by atoms with Gasteiger partial charge in [-0.1, -0.05) is 29.8 Å². The van der Waals surface area contributed by atoms with Gasteiger partial charge in [0.1, 0.15) is 0 Å². The van der Waals surface area contributed by atoms with E-state index in [0.29, 0.717) is 16.7 Å². The number of carbonyl (C=O) groups is 2. The molecule has 0 radical (unpaired) electrons. The van der Waals surface area contributed by atoms with E-state index in [1.807, 2.05) is 58.9 Å². The maximum Gasteiger partial charge on any atom is 0.194 e. The molecule has 114 valence electrons. The van der Waals surface area contributed by atoms with E-state index >= 15 is 0 Å². The molecule has 2 rings (SSSR count). The van der Waals surface area contributed by atoms with E-state index in [9.17, 15) is 9.59 Å². The molecule has 0 aliphatic heterocycles. The van der Waals surface area contributed by atoms with Crippen molar-refractivity contribution in [3.63, 3.8) is 0 Å². The normalized spacial score (nSPS) is 10.6. The van der Waals surface area contributed by atoms with Gasteiger partial charge in [0.2, 0.25) is 0 Å². The molecule has 0 amide bonds. The van der Waals surface area contributed by atoms with E-state index in [1.165, 1.54) is 6.92 Å². The van der Waals surface area contributed by atoms with Gasteiger partial charge in [-0.25, -0.2) is 0 Å². The number of Topliss-reactive ketones (excluding diaryl/α,β-unsaturated/α-hetero) is 1. The maximum absolute atomic E-state index is 13.1. The van der Waals surface area contributed by atoms with Gasteiger partial charge in [0.25, 0.3) is 0 Å². The van der Waals surface area contributed by atoms with Crippen LogP contribution in [0.3, 0.4) is 0 Å². The van der Waals surface area contributed by atoms with Crippen LogP contribution < -0.4 is 0 Å². The molecule has 0 saturated heterocycles. The van der Waals surface area contributed by atoms with Gasteiger partial charge in [-0.3, -0.25) is 9.59 Å². The van der Waals surface area contributed by atoms with Crippen molar-refractivity contribution in [2.24, 2.45) is 0 Å². The van der Waals surface area contributed by atoms with E-state index in [-0.39, 0.29) is 11.6 Å². The lowest BCUT2D eigenvalue weighted by Gasteiger charge is -2.16. The van der Waals surface area contributed by atoms with Crippen molar-refractivity contribution in [3.8, 4) is 0 Å². The fraction of sp³-hybridized carbons (Fsp3) is 0.300. The van der Waals surface area contributed by atoms with Crippen LogP contribution in [0.5, 0.6) is 0 Å². The van der Waals surface area contributed by atoms with Crippen LogP contribution in [0.1, 0.15) is 61.0 Å². The average Bonchev–Trinajstić information content (AvgIpc) is 2.39. The van der Waals surface area contributed by atoms with Gasteiger partial charge in [0.05, 0.1) is 0 Å². The highest BCUT2D eigenvalue weighted by Crippen LogP contribution is 2.26. The number of carbonyl (C=O) groups excluding carboxylic acids is 2. The summed E-state index contributed by atoms with van der Waals surface area (Å²) in [6, 6.07) is 7.84. The van der Waals surface area contributed by atoms with Crippen molar-refractivity contribution in [1.82, 2.24) is 0 Å². The number of aryl methyl sites for hydroxylation is 5. The zero-order valence-electron chi connectivity index (χ0n) is 14.1. The second-order valence-electron chi connectivity index (χ2n) is 6.11. The van der Waals surface area contributed by atoms with Crippen LogP contribution in [0, 0.1) is 34.6 Å². The van der Waals surface area contributed by atoms with Crippen molar-refractivity contribution in [2.45, 2.75) is 41.5 Å². The van der Waals surface area contributed by atoms with Gasteiger partial charge in [-0.05, 0) is 63.8 Å². The van der Waals surface area contributed by atoms with Crippen LogP contribution >= 0.6 is 0 Å². The molecule has 2 nitrogen and oxygen atoms in total. The molecule has 0 fully saturated rings. The van der Waals surface area contributed by atoms with Crippen LogP contribution in [0.25, 0.3) is 0 Å². The van der Waals surface area contributed by atoms with E-state index in [0.717, 1.165) is 27.8 Å². The summed E-state index contributed by atoms with van der Waals surface area (Å²) in [6.45, 7) is 11.2. The summed E-state index contributed by atoms with van der Waals surface area (Å²) in [5, 5.41) is 0. The smallest absolute Gasteiger partial charge is 0.194 e. The minimum Gasteiger partial charge on any atom is -0.294 e. The van der Waals surface area contributed by atoms with Crippen LogP contribution in [-0.2, 0) is 0 Å². The molecule has 0 bridgehead atoms. The maximum atomic E-state index is 13.1. The van der Waals surface area contributed by atoms with Gasteiger partial charge >= 0.3 is 0 Å². The summed E-state index contributed by atoms with van der Waals surface area (Å²) in [7, 11) is 0. The Morgan fingerprint density at radius 2 is 1.14 bits per heavy atom. The first-order valence-electron chi connectivity index (χ1n) is 7.47. The standard InChI is InChI=1S/C20H22O2/c1-11-9-14(4)17(15(5)10-11)20(22)19-13(3)8-7-12(2)18(19)16(6)21/h7-10H,1-6H3. The van der Waals surface area contributed by atoms with E-state index in [1.54, 1.807) is 0 Å². The Balaban J connectivity index is 2.76. The predicted molar refractivity (Wildman–Crippen MR) is 90.0 cm³/mol.